The number of nitrogens with two attached hydrogens (primary N) is 1. The fourth-order valence-corrected chi connectivity index (χ4v) is 3.01. The minimum Gasteiger partial charge on any atom is -0.454 e. The van der Waals surface area contributed by atoms with Gasteiger partial charge in [0.2, 0.25) is 6.79 Å². The molecule has 0 atom stereocenters. The van der Waals surface area contributed by atoms with Gasteiger partial charge in [0.05, 0.1) is 0 Å². The summed E-state index contributed by atoms with van der Waals surface area (Å²) in [5.41, 5.74) is 9.25. The maximum absolute atomic E-state index is 12.8. The molecule has 112 valence electrons. The first-order valence-electron chi connectivity index (χ1n) is 7.32. The van der Waals surface area contributed by atoms with Crippen LogP contribution in [0.25, 0.3) is 0 Å². The van der Waals surface area contributed by atoms with E-state index in [1.165, 1.54) is 0 Å². The van der Waals surface area contributed by atoms with Crippen molar-refractivity contribution in [1.29, 1.82) is 0 Å². The Morgan fingerprint density at radius 2 is 1.95 bits per heavy atom. The van der Waals surface area contributed by atoms with Gasteiger partial charge in [-0.1, -0.05) is 0 Å². The molecule has 0 saturated heterocycles. The van der Waals surface area contributed by atoms with Crippen LogP contribution in [0.4, 0.5) is 11.4 Å². The normalized spacial score (nSPS) is 15.5. The SMILES string of the molecule is Nc1ccc2c(c1)CCCN2C(=O)c1ccc2c(c1)OCO2. The van der Waals surface area contributed by atoms with Crippen molar-refractivity contribution in [1.82, 2.24) is 0 Å². The number of ether oxygens (including phenoxy) is 2. The molecule has 0 unspecified atom stereocenters. The first-order valence-corrected chi connectivity index (χ1v) is 7.32. The smallest absolute Gasteiger partial charge is 0.258 e. The van der Waals surface area contributed by atoms with E-state index in [0.29, 0.717) is 23.6 Å². The summed E-state index contributed by atoms with van der Waals surface area (Å²) in [5.74, 6) is 1.28. The highest BCUT2D eigenvalue weighted by Crippen LogP contribution is 2.34. The van der Waals surface area contributed by atoms with Crippen molar-refractivity contribution in [2.24, 2.45) is 0 Å². The van der Waals surface area contributed by atoms with E-state index in [4.69, 9.17) is 15.2 Å². The molecule has 5 heteroatoms. The lowest BCUT2D eigenvalue weighted by atomic mass is 10.00. The molecule has 2 aromatic rings. The summed E-state index contributed by atoms with van der Waals surface area (Å²) in [7, 11) is 0. The van der Waals surface area contributed by atoms with Gasteiger partial charge in [0.15, 0.2) is 11.5 Å². The molecular weight excluding hydrogens is 280 g/mol. The second kappa shape index (κ2) is 4.94. The number of anilines is 2. The van der Waals surface area contributed by atoms with Crippen molar-refractivity contribution in [3.63, 3.8) is 0 Å². The van der Waals surface area contributed by atoms with Gasteiger partial charge >= 0.3 is 0 Å². The van der Waals surface area contributed by atoms with E-state index >= 15 is 0 Å². The minimum atomic E-state index is -0.0241. The number of fused-ring (bicyclic) bond motifs is 2. The van der Waals surface area contributed by atoms with E-state index < -0.39 is 0 Å². The lowest BCUT2D eigenvalue weighted by molar-refractivity contribution is 0.0984. The van der Waals surface area contributed by atoms with Crippen LogP contribution in [0.3, 0.4) is 0 Å². The third-order valence-corrected chi connectivity index (χ3v) is 4.09. The number of hydrogen-bond donors (Lipinski definition) is 1. The van der Waals surface area contributed by atoms with E-state index in [-0.39, 0.29) is 12.7 Å². The van der Waals surface area contributed by atoms with Gasteiger partial charge in [-0.25, -0.2) is 0 Å². The summed E-state index contributed by atoms with van der Waals surface area (Å²) < 4.78 is 10.6. The third-order valence-electron chi connectivity index (χ3n) is 4.09. The molecule has 0 aliphatic carbocycles. The Morgan fingerprint density at radius 3 is 2.86 bits per heavy atom. The summed E-state index contributed by atoms with van der Waals surface area (Å²) in [6.07, 6.45) is 1.89. The van der Waals surface area contributed by atoms with Crippen LogP contribution in [-0.4, -0.2) is 19.2 Å². The van der Waals surface area contributed by atoms with Gasteiger partial charge in [0, 0.05) is 23.5 Å². The van der Waals surface area contributed by atoms with Crippen molar-refractivity contribution in [3.8, 4) is 11.5 Å². The second-order valence-corrected chi connectivity index (χ2v) is 5.52. The zero-order valence-electron chi connectivity index (χ0n) is 12.0. The van der Waals surface area contributed by atoms with Crippen LogP contribution in [0, 0.1) is 0 Å². The summed E-state index contributed by atoms with van der Waals surface area (Å²) in [6, 6.07) is 11.0. The largest absolute Gasteiger partial charge is 0.454 e. The molecule has 1 amide bonds. The molecule has 2 aromatic carbocycles. The Hall–Kier alpha value is -2.69. The second-order valence-electron chi connectivity index (χ2n) is 5.52. The molecule has 2 heterocycles. The first-order chi connectivity index (χ1) is 10.7. The molecule has 0 aromatic heterocycles. The standard InChI is InChI=1S/C17H16N2O3/c18-13-4-5-14-11(8-13)2-1-7-19(14)17(20)12-3-6-15-16(9-12)22-10-21-15/h3-6,8-9H,1-2,7,10,18H2. The van der Waals surface area contributed by atoms with Gasteiger partial charge in [0.1, 0.15) is 0 Å². The first kappa shape index (κ1) is 13.0. The highest BCUT2D eigenvalue weighted by Gasteiger charge is 2.25. The molecule has 2 aliphatic heterocycles. The Balaban J connectivity index is 1.69. The third kappa shape index (κ3) is 2.06. The Kier molecular flexibility index (Phi) is 2.92. The van der Waals surface area contributed by atoms with Crippen LogP contribution in [-0.2, 0) is 6.42 Å². The highest BCUT2D eigenvalue weighted by atomic mass is 16.7. The van der Waals surface area contributed by atoms with Gasteiger partial charge < -0.3 is 20.1 Å². The molecule has 0 bridgehead atoms. The molecule has 22 heavy (non-hydrogen) atoms. The lowest BCUT2D eigenvalue weighted by Crippen LogP contribution is -2.35. The van der Waals surface area contributed by atoms with E-state index in [9.17, 15) is 4.79 Å². The van der Waals surface area contributed by atoms with Crippen LogP contribution in [0.1, 0.15) is 22.3 Å². The highest BCUT2D eigenvalue weighted by molar-refractivity contribution is 6.07. The molecule has 0 spiro atoms. The van der Waals surface area contributed by atoms with Gasteiger partial charge in [-0.05, 0) is 54.8 Å². The van der Waals surface area contributed by atoms with E-state index in [1.807, 2.05) is 23.1 Å². The van der Waals surface area contributed by atoms with Gasteiger partial charge in [-0.3, -0.25) is 4.79 Å². The molecule has 2 N–H and O–H groups in total. The fraction of sp³-hybridized carbons (Fsp3) is 0.235. The van der Waals surface area contributed by atoms with Crippen LogP contribution in [0.2, 0.25) is 0 Å². The number of nitrogens with zero attached hydrogens (tertiary/aromatic N) is 1. The molecule has 2 aliphatic rings. The zero-order chi connectivity index (χ0) is 15.1. The Bertz CT molecular complexity index is 758. The molecule has 4 rings (SSSR count). The number of rotatable bonds is 1. The van der Waals surface area contributed by atoms with Gasteiger partial charge in [-0.2, -0.15) is 0 Å². The average Bonchev–Trinajstić information content (AvgIpc) is 3.00. The number of carbonyl (C=O) groups is 1. The van der Waals surface area contributed by atoms with Crippen molar-refractivity contribution >= 4 is 17.3 Å². The van der Waals surface area contributed by atoms with E-state index in [0.717, 1.165) is 29.8 Å². The molecular formula is C17H16N2O3. The maximum atomic E-state index is 12.8. The molecule has 0 saturated carbocycles. The van der Waals surface area contributed by atoms with Crippen molar-refractivity contribution in [2.75, 3.05) is 24.0 Å². The summed E-state index contributed by atoms with van der Waals surface area (Å²) >= 11 is 0. The summed E-state index contributed by atoms with van der Waals surface area (Å²) in [5, 5.41) is 0. The quantitative estimate of drug-likeness (QED) is 0.822. The monoisotopic (exact) mass is 296 g/mol. The Morgan fingerprint density at radius 1 is 1.09 bits per heavy atom. The van der Waals surface area contributed by atoms with Gasteiger partial charge in [-0.15, -0.1) is 0 Å². The summed E-state index contributed by atoms with van der Waals surface area (Å²) in [4.78, 5) is 14.7. The predicted octanol–water partition coefficient (Wildman–Crippen LogP) is 2.59. The average molecular weight is 296 g/mol. The topological polar surface area (TPSA) is 64.8 Å². The molecule has 5 nitrogen and oxygen atoms in total. The van der Waals surface area contributed by atoms with Crippen molar-refractivity contribution in [2.45, 2.75) is 12.8 Å². The van der Waals surface area contributed by atoms with E-state index in [2.05, 4.69) is 0 Å². The number of hydrogen-bond acceptors (Lipinski definition) is 4. The van der Waals surface area contributed by atoms with Crippen LogP contribution >= 0.6 is 0 Å². The van der Waals surface area contributed by atoms with Crippen molar-refractivity contribution < 1.29 is 14.3 Å². The van der Waals surface area contributed by atoms with Crippen LogP contribution < -0.4 is 20.1 Å². The van der Waals surface area contributed by atoms with Gasteiger partial charge in [0.25, 0.3) is 5.91 Å². The molecule has 0 radical (unpaired) electrons. The maximum Gasteiger partial charge on any atom is 0.258 e. The Labute approximate surface area is 128 Å². The van der Waals surface area contributed by atoms with Crippen LogP contribution in [0.15, 0.2) is 36.4 Å². The number of aryl methyl sites for hydroxylation is 1. The number of nitrogen functional groups attached to an aromatic ring is 1. The van der Waals surface area contributed by atoms with Crippen LogP contribution in [0.5, 0.6) is 11.5 Å². The number of benzene rings is 2. The van der Waals surface area contributed by atoms with Crippen molar-refractivity contribution in [3.05, 3.63) is 47.5 Å². The summed E-state index contributed by atoms with van der Waals surface area (Å²) in [6.45, 7) is 0.920. The predicted molar refractivity (Wildman–Crippen MR) is 83.4 cm³/mol. The molecule has 0 fully saturated rings. The van der Waals surface area contributed by atoms with E-state index in [1.54, 1.807) is 18.2 Å². The fourth-order valence-electron chi connectivity index (χ4n) is 3.01. The number of amides is 1. The lowest BCUT2D eigenvalue weighted by Gasteiger charge is -2.29. The zero-order valence-corrected chi connectivity index (χ0v) is 12.0. The number of carbonyl (C=O) groups excluding carboxylic acids is 1. The minimum absolute atomic E-state index is 0.0241.